The maximum atomic E-state index is 12.6. The molecule has 0 saturated heterocycles. The van der Waals surface area contributed by atoms with Gasteiger partial charge in [-0.3, -0.25) is 9.59 Å². The molecule has 8 heteroatoms. The Balaban J connectivity index is 1.35. The van der Waals surface area contributed by atoms with E-state index in [4.69, 9.17) is 0 Å². The molecular formula is C24H21N3O4S. The predicted octanol–water partition coefficient (Wildman–Crippen LogP) is 3.99. The van der Waals surface area contributed by atoms with Gasteiger partial charge in [0, 0.05) is 47.0 Å². The zero-order valence-electron chi connectivity index (χ0n) is 17.4. The van der Waals surface area contributed by atoms with Crippen LogP contribution >= 0.6 is 0 Å². The monoisotopic (exact) mass is 447 g/mol. The van der Waals surface area contributed by atoms with Gasteiger partial charge in [-0.05, 0) is 43.3 Å². The van der Waals surface area contributed by atoms with Crippen molar-refractivity contribution in [3.05, 3.63) is 72.3 Å². The van der Waals surface area contributed by atoms with Crippen molar-refractivity contribution in [1.82, 2.24) is 8.87 Å². The molecular weight excluding hydrogens is 426 g/mol. The summed E-state index contributed by atoms with van der Waals surface area (Å²) >= 11 is 0. The lowest BCUT2D eigenvalue weighted by Crippen LogP contribution is -2.33. The fourth-order valence-corrected chi connectivity index (χ4v) is 5.92. The minimum Gasteiger partial charge on any atom is -0.341 e. The standard InChI is InChI=1S/C24H21N3O4S/c1-2-26-20-9-5-3-7-17(20)19-15-16(11-12-21(19)26)25-23(28)13-14-27-24(29)18-8-4-6-10-22(18)32(27,30)31/h3-12,15H,2,13-14H2,1H3,(H,25,28). The molecule has 3 aromatic carbocycles. The van der Waals surface area contributed by atoms with Crippen molar-refractivity contribution in [2.24, 2.45) is 0 Å². The number of benzene rings is 3. The molecule has 4 aromatic rings. The number of carbonyl (C=O) groups excluding carboxylic acids is 2. The molecule has 0 saturated carbocycles. The van der Waals surface area contributed by atoms with Gasteiger partial charge in [-0.25, -0.2) is 12.7 Å². The van der Waals surface area contributed by atoms with E-state index in [2.05, 4.69) is 28.9 Å². The summed E-state index contributed by atoms with van der Waals surface area (Å²) in [7, 11) is -3.92. The Morgan fingerprint density at radius 2 is 1.66 bits per heavy atom. The molecule has 2 heterocycles. The van der Waals surface area contributed by atoms with Gasteiger partial charge in [0.2, 0.25) is 5.91 Å². The number of fused-ring (bicyclic) bond motifs is 4. The zero-order valence-corrected chi connectivity index (χ0v) is 18.2. The molecule has 5 rings (SSSR count). The van der Waals surface area contributed by atoms with Crippen LogP contribution in [0, 0.1) is 0 Å². The van der Waals surface area contributed by atoms with Crippen LogP contribution in [0.15, 0.2) is 71.6 Å². The summed E-state index contributed by atoms with van der Waals surface area (Å²) in [6, 6.07) is 19.9. The number of carbonyl (C=O) groups is 2. The minimum atomic E-state index is -3.92. The Kier molecular flexibility index (Phi) is 4.74. The van der Waals surface area contributed by atoms with Crippen LogP contribution < -0.4 is 5.32 Å². The number of nitrogens with one attached hydrogen (secondary N) is 1. The molecule has 2 amide bonds. The number of aryl methyl sites for hydroxylation is 1. The van der Waals surface area contributed by atoms with E-state index in [0.29, 0.717) is 5.69 Å². The Labute approximate surface area is 185 Å². The molecule has 0 fully saturated rings. The van der Waals surface area contributed by atoms with Crippen LogP contribution in [0.2, 0.25) is 0 Å². The van der Waals surface area contributed by atoms with Gasteiger partial charge in [0.05, 0.1) is 5.56 Å². The highest BCUT2D eigenvalue weighted by molar-refractivity contribution is 7.90. The van der Waals surface area contributed by atoms with Crippen molar-refractivity contribution in [2.75, 3.05) is 11.9 Å². The number of aromatic nitrogens is 1. The van der Waals surface area contributed by atoms with Crippen LogP contribution in [-0.2, 0) is 21.4 Å². The molecule has 7 nitrogen and oxygen atoms in total. The fraction of sp³-hybridized carbons (Fsp3) is 0.167. The minimum absolute atomic E-state index is 0.0109. The molecule has 1 aromatic heterocycles. The van der Waals surface area contributed by atoms with Gasteiger partial charge in [0.15, 0.2) is 0 Å². The van der Waals surface area contributed by atoms with Crippen molar-refractivity contribution < 1.29 is 18.0 Å². The maximum absolute atomic E-state index is 12.6. The first-order valence-corrected chi connectivity index (χ1v) is 11.8. The molecule has 0 radical (unpaired) electrons. The first-order valence-electron chi connectivity index (χ1n) is 10.4. The molecule has 1 aliphatic heterocycles. The largest absolute Gasteiger partial charge is 0.341 e. The summed E-state index contributed by atoms with van der Waals surface area (Å²) in [5, 5.41) is 4.97. The highest BCUT2D eigenvalue weighted by Gasteiger charge is 2.40. The van der Waals surface area contributed by atoms with Gasteiger partial charge in [0.25, 0.3) is 15.9 Å². The lowest BCUT2D eigenvalue weighted by molar-refractivity contribution is -0.116. The van der Waals surface area contributed by atoms with Crippen LogP contribution in [0.25, 0.3) is 21.8 Å². The number of amides is 2. The van der Waals surface area contributed by atoms with Gasteiger partial charge in [-0.1, -0.05) is 30.3 Å². The van der Waals surface area contributed by atoms with E-state index in [1.807, 2.05) is 30.3 Å². The number of para-hydroxylation sites is 1. The van der Waals surface area contributed by atoms with Gasteiger partial charge in [-0.15, -0.1) is 0 Å². The molecule has 0 unspecified atom stereocenters. The van der Waals surface area contributed by atoms with Crippen LogP contribution in [0.5, 0.6) is 0 Å². The van der Waals surface area contributed by atoms with Crippen LogP contribution in [0.4, 0.5) is 5.69 Å². The third-order valence-electron chi connectivity index (χ3n) is 5.83. The van der Waals surface area contributed by atoms with Crippen molar-refractivity contribution >= 4 is 49.3 Å². The third kappa shape index (κ3) is 3.06. The number of rotatable bonds is 5. The first kappa shape index (κ1) is 20.3. The second kappa shape index (κ2) is 7.49. The molecule has 162 valence electrons. The highest BCUT2D eigenvalue weighted by Crippen LogP contribution is 2.32. The van der Waals surface area contributed by atoms with Crippen LogP contribution in [0.3, 0.4) is 0 Å². The van der Waals surface area contributed by atoms with E-state index in [0.717, 1.165) is 32.7 Å². The Morgan fingerprint density at radius 3 is 2.44 bits per heavy atom. The lowest BCUT2D eigenvalue weighted by Gasteiger charge is -2.14. The van der Waals surface area contributed by atoms with E-state index < -0.39 is 15.9 Å². The van der Waals surface area contributed by atoms with Crippen LogP contribution in [-0.4, -0.2) is 35.6 Å². The number of hydrogen-bond donors (Lipinski definition) is 1. The van der Waals surface area contributed by atoms with Gasteiger partial charge in [0.1, 0.15) is 4.90 Å². The Morgan fingerprint density at radius 1 is 0.938 bits per heavy atom. The van der Waals surface area contributed by atoms with E-state index >= 15 is 0 Å². The Bertz CT molecular complexity index is 1500. The summed E-state index contributed by atoms with van der Waals surface area (Å²) in [6.07, 6.45) is -0.131. The van der Waals surface area contributed by atoms with Gasteiger partial charge < -0.3 is 9.88 Å². The van der Waals surface area contributed by atoms with E-state index in [9.17, 15) is 18.0 Å². The normalized spacial score (nSPS) is 14.8. The number of hydrogen-bond acceptors (Lipinski definition) is 4. The highest BCUT2D eigenvalue weighted by atomic mass is 32.2. The summed E-state index contributed by atoms with van der Waals surface area (Å²) in [6.45, 7) is 2.71. The molecule has 0 spiro atoms. The topological polar surface area (TPSA) is 88.5 Å². The smallest absolute Gasteiger partial charge is 0.269 e. The molecule has 1 N–H and O–H groups in total. The average molecular weight is 448 g/mol. The van der Waals surface area contributed by atoms with Crippen molar-refractivity contribution in [1.29, 1.82) is 0 Å². The lowest BCUT2D eigenvalue weighted by atomic mass is 10.1. The van der Waals surface area contributed by atoms with Gasteiger partial charge >= 0.3 is 0 Å². The fourth-order valence-electron chi connectivity index (χ4n) is 4.35. The second-order valence-electron chi connectivity index (χ2n) is 7.67. The molecule has 0 aliphatic carbocycles. The van der Waals surface area contributed by atoms with Crippen molar-refractivity contribution in [3.8, 4) is 0 Å². The van der Waals surface area contributed by atoms with E-state index in [-0.39, 0.29) is 29.3 Å². The molecule has 32 heavy (non-hydrogen) atoms. The number of anilines is 1. The summed E-state index contributed by atoms with van der Waals surface area (Å²) in [5.74, 6) is -0.954. The quantitative estimate of drug-likeness (QED) is 0.501. The molecule has 0 atom stereocenters. The second-order valence-corrected chi connectivity index (χ2v) is 9.50. The Hall–Kier alpha value is -3.65. The van der Waals surface area contributed by atoms with E-state index in [1.165, 1.54) is 12.1 Å². The zero-order chi connectivity index (χ0) is 22.5. The first-order chi connectivity index (χ1) is 15.4. The third-order valence-corrected chi connectivity index (χ3v) is 7.67. The van der Waals surface area contributed by atoms with E-state index in [1.54, 1.807) is 12.1 Å². The average Bonchev–Trinajstić information content (AvgIpc) is 3.21. The summed E-state index contributed by atoms with van der Waals surface area (Å²) in [4.78, 5) is 25.1. The SMILES string of the molecule is CCn1c2ccccc2c2cc(NC(=O)CCN3C(=O)c4ccccc4S3(=O)=O)ccc21. The molecule has 1 aliphatic rings. The molecule has 0 bridgehead atoms. The van der Waals surface area contributed by atoms with Crippen molar-refractivity contribution in [3.63, 3.8) is 0 Å². The number of sulfonamides is 1. The number of nitrogens with zero attached hydrogens (tertiary/aromatic N) is 2. The van der Waals surface area contributed by atoms with Crippen molar-refractivity contribution in [2.45, 2.75) is 24.8 Å². The van der Waals surface area contributed by atoms with Gasteiger partial charge in [-0.2, -0.15) is 0 Å². The maximum Gasteiger partial charge on any atom is 0.269 e. The summed E-state index contributed by atoms with van der Waals surface area (Å²) in [5.41, 5.74) is 2.98. The predicted molar refractivity (Wildman–Crippen MR) is 123 cm³/mol. The summed E-state index contributed by atoms with van der Waals surface area (Å²) < 4.78 is 28.3. The van der Waals surface area contributed by atoms with Crippen LogP contribution in [0.1, 0.15) is 23.7 Å².